The highest BCUT2D eigenvalue weighted by Gasteiger charge is 2.21. The van der Waals surface area contributed by atoms with E-state index in [0.29, 0.717) is 11.3 Å². The molecule has 0 amide bonds. The van der Waals surface area contributed by atoms with Crippen LogP contribution >= 0.6 is 11.8 Å². The molecule has 0 aliphatic carbocycles. The summed E-state index contributed by atoms with van der Waals surface area (Å²) in [5, 5.41) is 4.34. The first kappa shape index (κ1) is 13.6. The number of benzene rings is 1. The second kappa shape index (κ2) is 6.93. The molecule has 1 N–H and O–H groups in total. The smallest absolute Gasteiger partial charge is 0.121 e. The largest absolute Gasteiger partial charge is 0.494 e. The first-order valence-corrected chi connectivity index (χ1v) is 7.95. The number of hydrogen-bond donors (Lipinski definition) is 1. The maximum absolute atomic E-state index is 5.67. The van der Waals surface area contributed by atoms with Crippen molar-refractivity contribution in [2.24, 2.45) is 0 Å². The Bertz CT molecular complexity index is 369. The van der Waals surface area contributed by atoms with Gasteiger partial charge in [0, 0.05) is 23.0 Å². The molecule has 0 saturated carbocycles. The normalized spacial score (nSPS) is 23.7. The van der Waals surface area contributed by atoms with Gasteiger partial charge < -0.3 is 10.1 Å². The second-order valence-electron chi connectivity index (χ2n) is 4.85. The van der Waals surface area contributed by atoms with Crippen LogP contribution in [-0.2, 0) is 0 Å². The van der Waals surface area contributed by atoms with Crippen LogP contribution in [-0.4, -0.2) is 23.7 Å². The Morgan fingerprint density at radius 3 is 3.11 bits per heavy atom. The van der Waals surface area contributed by atoms with Crippen LogP contribution in [0, 0.1) is 0 Å². The monoisotopic (exact) mass is 265 g/mol. The molecule has 1 aromatic carbocycles. The lowest BCUT2D eigenvalue weighted by atomic mass is 10.1. The van der Waals surface area contributed by atoms with Gasteiger partial charge in [0.2, 0.25) is 0 Å². The fraction of sp³-hybridized carbons (Fsp3) is 0.600. The third kappa shape index (κ3) is 3.84. The van der Waals surface area contributed by atoms with Gasteiger partial charge in [0.1, 0.15) is 5.75 Å². The summed E-state index contributed by atoms with van der Waals surface area (Å²) in [4.78, 5) is 0. The molecule has 0 radical (unpaired) electrons. The van der Waals surface area contributed by atoms with Crippen molar-refractivity contribution in [3.8, 4) is 5.75 Å². The van der Waals surface area contributed by atoms with Gasteiger partial charge >= 0.3 is 0 Å². The lowest BCUT2D eigenvalue weighted by Crippen LogP contribution is -2.32. The van der Waals surface area contributed by atoms with Crippen molar-refractivity contribution in [1.29, 1.82) is 0 Å². The molecule has 2 unspecified atom stereocenters. The molecule has 1 aliphatic heterocycles. The molecule has 1 aromatic rings. The van der Waals surface area contributed by atoms with Crippen LogP contribution in [0.1, 0.15) is 33.1 Å². The summed E-state index contributed by atoms with van der Waals surface area (Å²) >= 11 is 2.07. The average molecular weight is 265 g/mol. The molecule has 0 aromatic heterocycles. The number of hydrogen-bond acceptors (Lipinski definition) is 3. The molecular weight excluding hydrogens is 242 g/mol. The Kier molecular flexibility index (Phi) is 5.24. The van der Waals surface area contributed by atoms with Crippen molar-refractivity contribution in [2.45, 2.75) is 44.4 Å². The van der Waals surface area contributed by atoms with E-state index in [1.165, 1.54) is 24.3 Å². The van der Waals surface area contributed by atoms with Crippen LogP contribution in [0.15, 0.2) is 24.3 Å². The highest BCUT2D eigenvalue weighted by molar-refractivity contribution is 8.00. The Morgan fingerprint density at radius 1 is 1.44 bits per heavy atom. The number of rotatable bonds is 5. The fourth-order valence-corrected chi connectivity index (χ4v) is 3.36. The number of thioether (sulfide) groups is 1. The molecule has 1 aliphatic rings. The standard InChI is InChI=1S/C15H23NOS/c1-3-9-17-14-7-4-6-13(11-14)16-15-8-5-10-18-12(15)2/h4,6-7,11-12,15-16H,3,5,8-10H2,1-2H3. The molecular formula is C15H23NOS. The van der Waals surface area contributed by atoms with Gasteiger partial charge in [-0.05, 0) is 37.1 Å². The molecule has 1 fully saturated rings. The minimum absolute atomic E-state index is 0.588. The number of ether oxygens (including phenoxy) is 1. The quantitative estimate of drug-likeness (QED) is 0.863. The summed E-state index contributed by atoms with van der Waals surface area (Å²) in [5.41, 5.74) is 1.18. The summed E-state index contributed by atoms with van der Waals surface area (Å²) < 4.78 is 5.67. The van der Waals surface area contributed by atoms with Crippen molar-refractivity contribution < 1.29 is 4.74 Å². The third-order valence-electron chi connectivity index (χ3n) is 3.27. The summed E-state index contributed by atoms with van der Waals surface area (Å²) in [6.45, 7) is 5.24. The van der Waals surface area contributed by atoms with Gasteiger partial charge in [0.05, 0.1) is 6.61 Å². The van der Waals surface area contributed by atoms with Crippen molar-refractivity contribution in [3.05, 3.63) is 24.3 Å². The Hall–Kier alpha value is -0.830. The third-order valence-corrected chi connectivity index (χ3v) is 4.64. The zero-order chi connectivity index (χ0) is 12.8. The molecule has 1 saturated heterocycles. The molecule has 3 heteroatoms. The van der Waals surface area contributed by atoms with E-state index in [4.69, 9.17) is 4.74 Å². The summed E-state index contributed by atoms with van der Waals surface area (Å²) in [7, 11) is 0. The molecule has 18 heavy (non-hydrogen) atoms. The first-order valence-electron chi connectivity index (χ1n) is 6.90. The lowest BCUT2D eigenvalue weighted by Gasteiger charge is -2.30. The molecule has 0 bridgehead atoms. The SMILES string of the molecule is CCCOc1cccc(NC2CCCSC2C)c1. The van der Waals surface area contributed by atoms with Gasteiger partial charge in [-0.3, -0.25) is 0 Å². The highest BCUT2D eigenvalue weighted by atomic mass is 32.2. The van der Waals surface area contributed by atoms with Gasteiger partial charge in [-0.25, -0.2) is 0 Å². The maximum atomic E-state index is 5.67. The Balaban J connectivity index is 1.95. The summed E-state index contributed by atoms with van der Waals surface area (Å²) in [6, 6.07) is 8.92. The number of nitrogens with one attached hydrogen (secondary N) is 1. The Labute approximate surface area is 114 Å². The van der Waals surface area contributed by atoms with E-state index in [2.05, 4.69) is 49.1 Å². The first-order chi connectivity index (χ1) is 8.79. The van der Waals surface area contributed by atoms with E-state index in [9.17, 15) is 0 Å². The topological polar surface area (TPSA) is 21.3 Å². The van der Waals surface area contributed by atoms with Gasteiger partial charge in [0.15, 0.2) is 0 Å². The van der Waals surface area contributed by atoms with E-state index >= 15 is 0 Å². The molecule has 2 rings (SSSR count). The van der Waals surface area contributed by atoms with Gasteiger partial charge in [-0.15, -0.1) is 0 Å². The molecule has 2 atom stereocenters. The van der Waals surface area contributed by atoms with E-state index in [-0.39, 0.29) is 0 Å². The van der Waals surface area contributed by atoms with Gasteiger partial charge in [0.25, 0.3) is 0 Å². The predicted octanol–water partition coefficient (Wildman–Crippen LogP) is 4.17. The Morgan fingerprint density at radius 2 is 2.33 bits per heavy atom. The van der Waals surface area contributed by atoms with Crippen molar-refractivity contribution in [1.82, 2.24) is 0 Å². The maximum Gasteiger partial charge on any atom is 0.121 e. The van der Waals surface area contributed by atoms with Crippen LogP contribution in [0.2, 0.25) is 0 Å². The van der Waals surface area contributed by atoms with Crippen LogP contribution in [0.25, 0.3) is 0 Å². The van der Waals surface area contributed by atoms with E-state index in [1.54, 1.807) is 0 Å². The second-order valence-corrected chi connectivity index (χ2v) is 6.33. The van der Waals surface area contributed by atoms with Gasteiger partial charge in [-0.2, -0.15) is 11.8 Å². The van der Waals surface area contributed by atoms with Crippen LogP contribution < -0.4 is 10.1 Å². The summed E-state index contributed by atoms with van der Waals surface area (Å²) in [6.07, 6.45) is 3.64. The van der Waals surface area contributed by atoms with Crippen LogP contribution in [0.4, 0.5) is 5.69 Å². The van der Waals surface area contributed by atoms with Crippen molar-refractivity contribution in [2.75, 3.05) is 17.7 Å². The highest BCUT2D eigenvalue weighted by Crippen LogP contribution is 2.28. The lowest BCUT2D eigenvalue weighted by molar-refractivity contribution is 0.317. The van der Waals surface area contributed by atoms with Crippen molar-refractivity contribution >= 4 is 17.4 Å². The summed E-state index contributed by atoms with van der Waals surface area (Å²) in [5.74, 6) is 2.27. The zero-order valence-corrected chi connectivity index (χ0v) is 12.1. The fourth-order valence-electron chi connectivity index (χ4n) is 2.22. The number of anilines is 1. The molecule has 0 spiro atoms. The van der Waals surface area contributed by atoms with Crippen LogP contribution in [0.5, 0.6) is 5.75 Å². The minimum atomic E-state index is 0.588. The molecule has 100 valence electrons. The zero-order valence-electron chi connectivity index (χ0n) is 11.3. The molecule has 2 nitrogen and oxygen atoms in total. The van der Waals surface area contributed by atoms with Crippen molar-refractivity contribution in [3.63, 3.8) is 0 Å². The van der Waals surface area contributed by atoms with E-state index in [1.807, 2.05) is 6.07 Å². The predicted molar refractivity (Wildman–Crippen MR) is 80.8 cm³/mol. The van der Waals surface area contributed by atoms with E-state index in [0.717, 1.165) is 18.8 Å². The molecule has 1 heterocycles. The van der Waals surface area contributed by atoms with Crippen LogP contribution in [0.3, 0.4) is 0 Å². The minimum Gasteiger partial charge on any atom is -0.494 e. The average Bonchev–Trinajstić information content (AvgIpc) is 2.40. The van der Waals surface area contributed by atoms with Gasteiger partial charge in [-0.1, -0.05) is 19.9 Å². The van der Waals surface area contributed by atoms with E-state index < -0.39 is 0 Å².